The highest BCUT2D eigenvalue weighted by Crippen LogP contribution is 2.39. The Bertz CT molecular complexity index is 671. The maximum atomic E-state index is 2.33. The summed E-state index contributed by atoms with van der Waals surface area (Å²) in [4.78, 5) is 0. The van der Waals surface area contributed by atoms with E-state index >= 15 is 0 Å². The maximum absolute atomic E-state index is 2.33. The second-order valence-corrected chi connectivity index (χ2v) is 5.29. The van der Waals surface area contributed by atoms with Crippen LogP contribution in [0, 0.1) is 0 Å². The molecule has 0 aliphatic heterocycles. The summed E-state index contributed by atoms with van der Waals surface area (Å²) in [6, 6.07) is 15.4. The minimum Gasteiger partial charge on any atom is -0.0616 e. The molecule has 0 bridgehead atoms. The van der Waals surface area contributed by atoms with Crippen molar-refractivity contribution in [2.45, 2.75) is 26.7 Å². The summed E-state index contributed by atoms with van der Waals surface area (Å²) in [6.45, 7) is 6.70. The van der Waals surface area contributed by atoms with Crippen molar-refractivity contribution in [1.82, 2.24) is 0 Å². The smallest absolute Gasteiger partial charge is 0.0261 e. The Kier molecular flexibility index (Phi) is 2.59. The maximum Gasteiger partial charge on any atom is 0.0261 e. The Morgan fingerprint density at radius 3 is 2.22 bits per heavy atom. The molecule has 0 heteroatoms. The standard InChI is InChI=1S/C18H18/c1-12-10-13(2)18(14(12)3)17-9-8-15-6-4-5-7-16(15)11-17/h4-11,18H,1-3H3. The zero-order valence-electron chi connectivity index (χ0n) is 11.2. The van der Waals surface area contributed by atoms with Crippen molar-refractivity contribution in [3.8, 4) is 0 Å². The Morgan fingerprint density at radius 1 is 0.833 bits per heavy atom. The van der Waals surface area contributed by atoms with Gasteiger partial charge >= 0.3 is 0 Å². The second-order valence-electron chi connectivity index (χ2n) is 5.29. The first-order chi connectivity index (χ1) is 8.66. The van der Waals surface area contributed by atoms with Crippen LogP contribution in [0.25, 0.3) is 10.8 Å². The number of fused-ring (bicyclic) bond motifs is 1. The largest absolute Gasteiger partial charge is 0.0616 e. The molecule has 1 aliphatic carbocycles. The molecular formula is C18H18. The lowest BCUT2D eigenvalue weighted by Crippen LogP contribution is -1.99. The van der Waals surface area contributed by atoms with Crippen molar-refractivity contribution < 1.29 is 0 Å². The number of hydrogen-bond donors (Lipinski definition) is 0. The molecule has 0 amide bonds. The molecule has 0 saturated heterocycles. The van der Waals surface area contributed by atoms with Gasteiger partial charge in [-0.25, -0.2) is 0 Å². The molecule has 0 aromatic heterocycles. The minimum atomic E-state index is 0.481. The zero-order valence-corrected chi connectivity index (χ0v) is 11.2. The average Bonchev–Trinajstić information content (AvgIpc) is 2.63. The predicted molar refractivity (Wildman–Crippen MR) is 78.8 cm³/mol. The fraction of sp³-hybridized carbons (Fsp3) is 0.222. The lowest BCUT2D eigenvalue weighted by molar-refractivity contribution is 0.941. The van der Waals surface area contributed by atoms with E-state index in [0.717, 1.165) is 0 Å². The molecule has 90 valence electrons. The molecule has 18 heavy (non-hydrogen) atoms. The highest BCUT2D eigenvalue weighted by Gasteiger charge is 2.21. The summed E-state index contributed by atoms with van der Waals surface area (Å²) < 4.78 is 0. The minimum absolute atomic E-state index is 0.481. The van der Waals surface area contributed by atoms with E-state index in [9.17, 15) is 0 Å². The Hall–Kier alpha value is -1.82. The van der Waals surface area contributed by atoms with Gasteiger partial charge in [0, 0.05) is 5.92 Å². The number of rotatable bonds is 1. The van der Waals surface area contributed by atoms with Gasteiger partial charge in [-0.05, 0) is 37.1 Å². The van der Waals surface area contributed by atoms with Crippen LogP contribution in [0.2, 0.25) is 0 Å². The van der Waals surface area contributed by atoms with E-state index in [1.165, 1.54) is 33.1 Å². The van der Waals surface area contributed by atoms with Crippen LogP contribution >= 0.6 is 0 Å². The van der Waals surface area contributed by atoms with Crippen molar-refractivity contribution in [2.75, 3.05) is 0 Å². The zero-order chi connectivity index (χ0) is 12.7. The Balaban J connectivity index is 2.13. The van der Waals surface area contributed by atoms with Gasteiger partial charge in [-0.3, -0.25) is 0 Å². The molecule has 0 nitrogen and oxygen atoms in total. The van der Waals surface area contributed by atoms with Gasteiger partial charge in [-0.1, -0.05) is 65.3 Å². The number of benzene rings is 2. The van der Waals surface area contributed by atoms with Crippen LogP contribution < -0.4 is 0 Å². The van der Waals surface area contributed by atoms with Gasteiger partial charge < -0.3 is 0 Å². The van der Waals surface area contributed by atoms with Crippen molar-refractivity contribution >= 4 is 10.8 Å². The van der Waals surface area contributed by atoms with Crippen LogP contribution in [-0.2, 0) is 0 Å². The van der Waals surface area contributed by atoms with Crippen LogP contribution in [0.1, 0.15) is 32.3 Å². The fourth-order valence-corrected chi connectivity index (χ4v) is 3.01. The molecule has 1 aliphatic rings. The Morgan fingerprint density at radius 2 is 1.56 bits per heavy atom. The molecule has 0 radical (unpaired) electrons. The molecule has 2 aromatic carbocycles. The third-order valence-electron chi connectivity index (χ3n) is 4.06. The molecule has 0 heterocycles. The van der Waals surface area contributed by atoms with Crippen LogP contribution in [-0.4, -0.2) is 0 Å². The van der Waals surface area contributed by atoms with Gasteiger partial charge in [0.1, 0.15) is 0 Å². The first kappa shape index (κ1) is 11.3. The van der Waals surface area contributed by atoms with Crippen LogP contribution in [0.5, 0.6) is 0 Å². The highest BCUT2D eigenvalue weighted by molar-refractivity contribution is 5.83. The van der Waals surface area contributed by atoms with Gasteiger partial charge in [-0.2, -0.15) is 0 Å². The molecule has 0 saturated carbocycles. The van der Waals surface area contributed by atoms with E-state index in [1.807, 2.05) is 0 Å². The number of allylic oxidation sites excluding steroid dienone is 4. The third kappa shape index (κ3) is 1.69. The second kappa shape index (κ2) is 4.13. The normalized spacial score (nSPS) is 19.5. The quantitative estimate of drug-likeness (QED) is 0.634. The monoisotopic (exact) mass is 234 g/mol. The lowest BCUT2D eigenvalue weighted by Gasteiger charge is -2.16. The lowest BCUT2D eigenvalue weighted by atomic mass is 9.88. The average molecular weight is 234 g/mol. The van der Waals surface area contributed by atoms with E-state index in [1.54, 1.807) is 0 Å². The van der Waals surface area contributed by atoms with Crippen molar-refractivity contribution in [3.63, 3.8) is 0 Å². The molecule has 0 spiro atoms. The summed E-state index contributed by atoms with van der Waals surface area (Å²) >= 11 is 0. The summed E-state index contributed by atoms with van der Waals surface area (Å²) in [7, 11) is 0. The molecule has 1 atom stereocenters. The Labute approximate surface area is 109 Å². The molecule has 0 fully saturated rings. The van der Waals surface area contributed by atoms with Crippen LogP contribution in [0.3, 0.4) is 0 Å². The van der Waals surface area contributed by atoms with Crippen molar-refractivity contribution in [2.24, 2.45) is 0 Å². The van der Waals surface area contributed by atoms with Crippen molar-refractivity contribution in [3.05, 3.63) is 70.8 Å². The van der Waals surface area contributed by atoms with E-state index < -0.39 is 0 Å². The van der Waals surface area contributed by atoms with Crippen LogP contribution in [0.15, 0.2) is 65.3 Å². The summed E-state index contributed by atoms with van der Waals surface area (Å²) in [5.74, 6) is 0.481. The van der Waals surface area contributed by atoms with E-state index in [4.69, 9.17) is 0 Å². The topological polar surface area (TPSA) is 0 Å². The molecule has 1 unspecified atom stereocenters. The van der Waals surface area contributed by atoms with Gasteiger partial charge in [0.25, 0.3) is 0 Å². The van der Waals surface area contributed by atoms with Crippen molar-refractivity contribution in [1.29, 1.82) is 0 Å². The molecule has 2 aromatic rings. The molecule has 3 rings (SSSR count). The first-order valence-electron chi connectivity index (χ1n) is 6.51. The van der Waals surface area contributed by atoms with E-state index in [2.05, 4.69) is 69.3 Å². The van der Waals surface area contributed by atoms with E-state index in [-0.39, 0.29) is 0 Å². The SMILES string of the molecule is CC1=CC(C)=C(C)C1c1ccc2ccccc2c1. The van der Waals surface area contributed by atoms with Gasteiger partial charge in [0.2, 0.25) is 0 Å². The summed E-state index contributed by atoms with van der Waals surface area (Å²) in [5.41, 5.74) is 5.78. The fourth-order valence-electron chi connectivity index (χ4n) is 3.01. The summed E-state index contributed by atoms with van der Waals surface area (Å²) in [5, 5.41) is 2.65. The third-order valence-corrected chi connectivity index (χ3v) is 4.06. The highest BCUT2D eigenvalue weighted by atomic mass is 14.3. The molecule has 0 N–H and O–H groups in total. The predicted octanol–water partition coefficient (Wildman–Crippen LogP) is 5.22. The first-order valence-corrected chi connectivity index (χ1v) is 6.51. The molecular weight excluding hydrogens is 216 g/mol. The number of hydrogen-bond acceptors (Lipinski definition) is 0. The van der Waals surface area contributed by atoms with Crippen LogP contribution in [0.4, 0.5) is 0 Å². The summed E-state index contributed by atoms with van der Waals surface area (Å²) in [6.07, 6.45) is 2.31. The van der Waals surface area contributed by atoms with Gasteiger partial charge in [0.15, 0.2) is 0 Å². The van der Waals surface area contributed by atoms with Gasteiger partial charge in [0.05, 0.1) is 0 Å². The van der Waals surface area contributed by atoms with Gasteiger partial charge in [-0.15, -0.1) is 0 Å². The van der Waals surface area contributed by atoms with E-state index in [0.29, 0.717) is 5.92 Å².